The Hall–Kier alpha value is -1.27. The normalized spacial score (nSPS) is 10.6. The SMILES string of the molecule is Cn1cc(CCSc2cc(Br)ccc2C(=O)O)cn1. The topological polar surface area (TPSA) is 55.1 Å². The van der Waals surface area contributed by atoms with Crippen LogP contribution in [0.15, 0.2) is 40.0 Å². The monoisotopic (exact) mass is 340 g/mol. The largest absolute Gasteiger partial charge is 0.478 e. The Bertz CT molecular complexity index is 598. The number of aromatic nitrogens is 2. The predicted octanol–water partition coefficient (Wildman–Crippen LogP) is 3.22. The van der Waals surface area contributed by atoms with E-state index in [-0.39, 0.29) is 0 Å². The molecule has 2 rings (SSSR count). The molecule has 1 aromatic heterocycles. The van der Waals surface area contributed by atoms with Crippen LogP contribution < -0.4 is 0 Å². The van der Waals surface area contributed by atoms with E-state index in [0.717, 1.165) is 27.1 Å². The lowest BCUT2D eigenvalue weighted by molar-refractivity contribution is 0.0693. The Morgan fingerprint density at radius 3 is 2.95 bits per heavy atom. The number of carboxylic acids is 1. The third kappa shape index (κ3) is 3.84. The van der Waals surface area contributed by atoms with Gasteiger partial charge in [-0.2, -0.15) is 5.10 Å². The van der Waals surface area contributed by atoms with Crippen LogP contribution in [-0.4, -0.2) is 26.6 Å². The van der Waals surface area contributed by atoms with E-state index in [4.69, 9.17) is 5.11 Å². The second-order valence-electron chi connectivity index (χ2n) is 4.07. The fraction of sp³-hybridized carbons (Fsp3) is 0.231. The van der Waals surface area contributed by atoms with Crippen LogP contribution >= 0.6 is 27.7 Å². The summed E-state index contributed by atoms with van der Waals surface area (Å²) in [4.78, 5) is 11.9. The first-order valence-electron chi connectivity index (χ1n) is 5.69. The molecular weight excluding hydrogens is 328 g/mol. The minimum Gasteiger partial charge on any atom is -0.478 e. The van der Waals surface area contributed by atoms with Crippen molar-refractivity contribution in [2.75, 3.05) is 5.75 Å². The van der Waals surface area contributed by atoms with Gasteiger partial charge < -0.3 is 5.11 Å². The Balaban J connectivity index is 2.02. The van der Waals surface area contributed by atoms with Gasteiger partial charge in [0.1, 0.15) is 0 Å². The van der Waals surface area contributed by atoms with Crippen molar-refractivity contribution in [1.82, 2.24) is 9.78 Å². The number of halogens is 1. The minimum atomic E-state index is -0.892. The first-order valence-corrected chi connectivity index (χ1v) is 7.47. The highest BCUT2D eigenvalue weighted by Gasteiger charge is 2.10. The summed E-state index contributed by atoms with van der Waals surface area (Å²) in [6, 6.07) is 5.21. The van der Waals surface area contributed by atoms with Crippen molar-refractivity contribution in [2.45, 2.75) is 11.3 Å². The number of rotatable bonds is 5. The number of aryl methyl sites for hydroxylation is 2. The lowest BCUT2D eigenvalue weighted by Gasteiger charge is -2.06. The first-order chi connectivity index (χ1) is 9.06. The zero-order valence-corrected chi connectivity index (χ0v) is 12.7. The molecule has 4 nitrogen and oxygen atoms in total. The number of hydrogen-bond donors (Lipinski definition) is 1. The van der Waals surface area contributed by atoms with Gasteiger partial charge in [0.2, 0.25) is 0 Å². The van der Waals surface area contributed by atoms with Gasteiger partial charge in [-0.3, -0.25) is 4.68 Å². The summed E-state index contributed by atoms with van der Waals surface area (Å²) in [6.07, 6.45) is 4.67. The number of carboxylic acid groups (broad SMARTS) is 1. The molecule has 0 spiro atoms. The molecule has 6 heteroatoms. The predicted molar refractivity (Wildman–Crippen MR) is 78.7 cm³/mol. The average Bonchev–Trinajstić information content (AvgIpc) is 2.75. The molecular formula is C13H13BrN2O2S. The minimum absolute atomic E-state index is 0.347. The van der Waals surface area contributed by atoms with Crippen LogP contribution in [-0.2, 0) is 13.5 Å². The Labute approximate surface area is 124 Å². The molecule has 0 aliphatic heterocycles. The van der Waals surface area contributed by atoms with Gasteiger partial charge in [-0.25, -0.2) is 4.79 Å². The van der Waals surface area contributed by atoms with Crippen LogP contribution in [0.2, 0.25) is 0 Å². The highest BCUT2D eigenvalue weighted by atomic mass is 79.9. The van der Waals surface area contributed by atoms with Crippen molar-refractivity contribution in [1.29, 1.82) is 0 Å². The molecule has 0 amide bonds. The Morgan fingerprint density at radius 1 is 1.53 bits per heavy atom. The summed E-state index contributed by atoms with van der Waals surface area (Å²) in [7, 11) is 1.88. The number of thioether (sulfide) groups is 1. The van der Waals surface area contributed by atoms with Crippen molar-refractivity contribution in [3.8, 4) is 0 Å². The smallest absolute Gasteiger partial charge is 0.336 e. The van der Waals surface area contributed by atoms with E-state index >= 15 is 0 Å². The summed E-state index contributed by atoms with van der Waals surface area (Å²) in [5, 5.41) is 13.2. The molecule has 0 saturated carbocycles. The van der Waals surface area contributed by atoms with Gasteiger partial charge in [0, 0.05) is 28.4 Å². The van der Waals surface area contributed by atoms with E-state index in [0.29, 0.717) is 5.56 Å². The average molecular weight is 341 g/mol. The van der Waals surface area contributed by atoms with Gasteiger partial charge in [-0.05, 0) is 30.2 Å². The van der Waals surface area contributed by atoms with Crippen molar-refractivity contribution in [3.63, 3.8) is 0 Å². The summed E-state index contributed by atoms with van der Waals surface area (Å²) in [5.41, 5.74) is 1.50. The molecule has 2 aromatic rings. The van der Waals surface area contributed by atoms with Crippen LogP contribution in [0.5, 0.6) is 0 Å². The molecule has 100 valence electrons. The van der Waals surface area contributed by atoms with Gasteiger partial charge in [-0.1, -0.05) is 15.9 Å². The third-order valence-electron chi connectivity index (χ3n) is 2.58. The molecule has 1 heterocycles. The fourth-order valence-corrected chi connectivity index (χ4v) is 3.26. The van der Waals surface area contributed by atoms with Gasteiger partial charge in [0.25, 0.3) is 0 Å². The quantitative estimate of drug-likeness (QED) is 0.849. The van der Waals surface area contributed by atoms with Crippen molar-refractivity contribution in [2.24, 2.45) is 7.05 Å². The van der Waals surface area contributed by atoms with Crippen molar-refractivity contribution in [3.05, 3.63) is 46.2 Å². The van der Waals surface area contributed by atoms with Gasteiger partial charge in [0.05, 0.1) is 11.8 Å². The summed E-state index contributed by atoms with van der Waals surface area (Å²) in [6.45, 7) is 0. The zero-order chi connectivity index (χ0) is 13.8. The van der Waals surface area contributed by atoms with Crippen molar-refractivity contribution >= 4 is 33.7 Å². The molecule has 0 aliphatic carbocycles. The lowest BCUT2D eigenvalue weighted by Crippen LogP contribution is -1.99. The molecule has 0 saturated heterocycles. The number of nitrogens with zero attached hydrogens (tertiary/aromatic N) is 2. The summed E-state index contributed by atoms with van der Waals surface area (Å²) < 4.78 is 2.66. The number of carbonyl (C=O) groups is 1. The fourth-order valence-electron chi connectivity index (χ4n) is 1.67. The number of hydrogen-bond acceptors (Lipinski definition) is 3. The van der Waals surface area contributed by atoms with E-state index in [1.165, 1.54) is 0 Å². The van der Waals surface area contributed by atoms with Gasteiger partial charge in [0.15, 0.2) is 0 Å². The van der Waals surface area contributed by atoms with Crippen LogP contribution in [0.1, 0.15) is 15.9 Å². The van der Waals surface area contributed by atoms with Crippen LogP contribution in [0, 0.1) is 0 Å². The van der Waals surface area contributed by atoms with Gasteiger partial charge >= 0.3 is 5.97 Å². The molecule has 19 heavy (non-hydrogen) atoms. The van der Waals surface area contributed by atoms with E-state index in [2.05, 4.69) is 21.0 Å². The summed E-state index contributed by atoms with van der Waals surface area (Å²) >= 11 is 4.91. The van der Waals surface area contributed by atoms with Crippen LogP contribution in [0.25, 0.3) is 0 Å². The van der Waals surface area contributed by atoms with Crippen LogP contribution in [0.3, 0.4) is 0 Å². The van der Waals surface area contributed by atoms with E-state index < -0.39 is 5.97 Å². The molecule has 0 bridgehead atoms. The molecule has 1 aromatic carbocycles. The highest BCUT2D eigenvalue weighted by Crippen LogP contribution is 2.27. The van der Waals surface area contributed by atoms with E-state index in [9.17, 15) is 4.79 Å². The first kappa shape index (κ1) is 14.1. The Kier molecular flexibility index (Phi) is 4.66. The maximum absolute atomic E-state index is 11.1. The van der Waals surface area contributed by atoms with Crippen molar-refractivity contribution < 1.29 is 9.90 Å². The number of benzene rings is 1. The third-order valence-corrected chi connectivity index (χ3v) is 4.13. The maximum atomic E-state index is 11.1. The molecule has 0 unspecified atom stereocenters. The molecule has 1 N–H and O–H groups in total. The molecule has 0 radical (unpaired) electrons. The van der Waals surface area contributed by atoms with E-state index in [1.807, 2.05) is 25.5 Å². The summed E-state index contributed by atoms with van der Waals surface area (Å²) in [5.74, 6) is -0.0704. The maximum Gasteiger partial charge on any atom is 0.336 e. The van der Waals surface area contributed by atoms with Gasteiger partial charge in [-0.15, -0.1) is 11.8 Å². The molecule has 0 aliphatic rings. The zero-order valence-electron chi connectivity index (χ0n) is 10.3. The molecule has 0 atom stereocenters. The standard InChI is InChI=1S/C13H13BrN2O2S/c1-16-8-9(7-15-16)4-5-19-12-6-10(14)2-3-11(12)13(17)18/h2-3,6-8H,4-5H2,1H3,(H,17,18). The second-order valence-corrected chi connectivity index (χ2v) is 6.12. The van der Waals surface area contributed by atoms with E-state index in [1.54, 1.807) is 28.6 Å². The second kappa shape index (κ2) is 6.25. The lowest BCUT2D eigenvalue weighted by atomic mass is 10.2. The highest BCUT2D eigenvalue weighted by molar-refractivity contribution is 9.10. The van der Waals surface area contributed by atoms with Crippen LogP contribution in [0.4, 0.5) is 0 Å². The molecule has 0 fully saturated rings. The Morgan fingerprint density at radius 2 is 2.32 bits per heavy atom. The number of aromatic carboxylic acids is 1.